The highest BCUT2D eigenvalue weighted by molar-refractivity contribution is 7.22. The third kappa shape index (κ3) is 4.93. The SMILES string of the molecule is CC1(C)c2ccccc2-c2ccc(N(c3ccc4c(c3)oc3ccccc34)c3cc([Si]4(c5ccccc5)c5ccccc5-c5ccccc54)ccc3-c3ccccc3)cc21. The predicted molar refractivity (Wildman–Crippen MR) is 254 cm³/mol. The van der Waals surface area contributed by atoms with Gasteiger partial charge in [-0.25, -0.2) is 0 Å². The summed E-state index contributed by atoms with van der Waals surface area (Å²) < 4.78 is 6.62. The molecule has 2 heterocycles. The highest BCUT2D eigenvalue weighted by Gasteiger charge is 2.49. The van der Waals surface area contributed by atoms with E-state index in [1.807, 2.05) is 6.07 Å². The van der Waals surface area contributed by atoms with Crippen LogP contribution in [0, 0.1) is 0 Å². The molecule has 1 aromatic heterocycles. The molecule has 10 aromatic rings. The summed E-state index contributed by atoms with van der Waals surface area (Å²) in [6.07, 6.45) is 0. The quantitative estimate of drug-likeness (QED) is 0.156. The lowest BCUT2D eigenvalue weighted by atomic mass is 9.82. The van der Waals surface area contributed by atoms with E-state index in [0.717, 1.165) is 39.0 Å². The molecule has 60 heavy (non-hydrogen) atoms. The summed E-state index contributed by atoms with van der Waals surface area (Å²) in [6.45, 7) is 4.74. The number of nitrogens with zero attached hydrogens (tertiary/aromatic N) is 1. The molecule has 0 amide bonds. The van der Waals surface area contributed by atoms with Crippen molar-refractivity contribution >= 4 is 67.8 Å². The molecule has 0 unspecified atom stereocenters. The Labute approximate surface area is 351 Å². The molecule has 0 saturated carbocycles. The summed E-state index contributed by atoms with van der Waals surface area (Å²) in [6, 6.07) is 79.0. The van der Waals surface area contributed by atoms with Crippen LogP contribution in [0.15, 0.2) is 217 Å². The summed E-state index contributed by atoms with van der Waals surface area (Å²) in [4.78, 5) is 2.50. The van der Waals surface area contributed by atoms with Crippen LogP contribution in [0.4, 0.5) is 17.1 Å². The van der Waals surface area contributed by atoms with Gasteiger partial charge in [-0.2, -0.15) is 0 Å². The first-order chi connectivity index (χ1) is 29.5. The van der Waals surface area contributed by atoms with Gasteiger partial charge in [-0.3, -0.25) is 0 Å². The number of benzene rings is 9. The molecule has 2 nitrogen and oxygen atoms in total. The Morgan fingerprint density at radius 3 is 1.73 bits per heavy atom. The molecule has 12 rings (SSSR count). The van der Waals surface area contributed by atoms with Crippen molar-refractivity contribution in [2.45, 2.75) is 19.3 Å². The van der Waals surface area contributed by atoms with Crippen molar-refractivity contribution in [1.82, 2.24) is 0 Å². The lowest BCUT2D eigenvalue weighted by molar-refractivity contribution is 0.660. The Balaban J connectivity index is 1.18. The molecular weight excluding hydrogens is 743 g/mol. The van der Waals surface area contributed by atoms with Gasteiger partial charge in [0.05, 0.1) is 5.69 Å². The van der Waals surface area contributed by atoms with Crippen LogP contribution in [0.5, 0.6) is 0 Å². The number of fused-ring (bicyclic) bond motifs is 9. The van der Waals surface area contributed by atoms with Gasteiger partial charge in [0.15, 0.2) is 8.07 Å². The van der Waals surface area contributed by atoms with Crippen LogP contribution in [0.25, 0.3) is 55.3 Å². The third-order valence-electron chi connectivity index (χ3n) is 13.4. The maximum absolute atomic E-state index is 6.62. The van der Waals surface area contributed by atoms with Crippen molar-refractivity contribution in [3.63, 3.8) is 0 Å². The van der Waals surface area contributed by atoms with Crippen LogP contribution in [0.3, 0.4) is 0 Å². The van der Waals surface area contributed by atoms with Gasteiger partial charge in [-0.1, -0.05) is 184 Å². The molecule has 0 saturated heterocycles. The fraction of sp³-hybridized carbons (Fsp3) is 0.0526. The smallest absolute Gasteiger partial charge is 0.180 e. The maximum Gasteiger partial charge on any atom is 0.180 e. The minimum atomic E-state index is -2.82. The van der Waals surface area contributed by atoms with Crippen LogP contribution in [-0.2, 0) is 5.41 Å². The molecule has 0 spiro atoms. The van der Waals surface area contributed by atoms with E-state index in [0.29, 0.717) is 0 Å². The van der Waals surface area contributed by atoms with Crippen molar-refractivity contribution < 1.29 is 4.42 Å². The Bertz CT molecular complexity index is 3260. The average molecular weight is 784 g/mol. The minimum absolute atomic E-state index is 0.165. The summed E-state index contributed by atoms with van der Waals surface area (Å²) in [7, 11) is -2.82. The minimum Gasteiger partial charge on any atom is -0.456 e. The fourth-order valence-corrected chi connectivity index (χ4v) is 15.8. The fourth-order valence-electron chi connectivity index (χ4n) is 10.6. The van der Waals surface area contributed by atoms with Gasteiger partial charge in [0.25, 0.3) is 0 Å². The molecule has 0 atom stereocenters. The molecule has 3 heteroatoms. The van der Waals surface area contributed by atoms with E-state index in [1.165, 1.54) is 65.3 Å². The lowest BCUT2D eigenvalue weighted by Crippen LogP contribution is -2.72. The lowest BCUT2D eigenvalue weighted by Gasteiger charge is -2.34. The standard InChI is InChI=1S/C57H41NOSi/c1-57(2)50-25-13-9-21-44(50)45-32-29-39(35-51(45)57)58(40-30-33-47-46-22-10-14-26-53(46)59-54(47)36-40)52-37-42(31-34-43(52)38-17-5-3-6-18-38)60(41-19-7-4-8-20-41)55-27-15-11-23-48(55)49-24-12-16-28-56(49)60/h3-37H,1-2H3. The molecule has 1 aliphatic heterocycles. The molecule has 0 bridgehead atoms. The zero-order valence-corrected chi connectivity index (χ0v) is 34.6. The molecule has 2 aliphatic rings. The zero-order chi connectivity index (χ0) is 40.0. The molecule has 0 radical (unpaired) electrons. The monoisotopic (exact) mass is 783 g/mol. The predicted octanol–water partition coefficient (Wildman–Crippen LogP) is 12.4. The highest BCUT2D eigenvalue weighted by Crippen LogP contribution is 2.51. The van der Waals surface area contributed by atoms with E-state index >= 15 is 0 Å². The number of hydrogen-bond donors (Lipinski definition) is 0. The van der Waals surface area contributed by atoms with E-state index < -0.39 is 8.07 Å². The van der Waals surface area contributed by atoms with E-state index in [-0.39, 0.29) is 5.41 Å². The zero-order valence-electron chi connectivity index (χ0n) is 33.6. The number of anilines is 3. The molecule has 284 valence electrons. The van der Waals surface area contributed by atoms with Crippen LogP contribution in [0.2, 0.25) is 0 Å². The summed E-state index contributed by atoms with van der Waals surface area (Å²) in [5, 5.41) is 7.85. The van der Waals surface area contributed by atoms with Crippen LogP contribution < -0.4 is 25.6 Å². The second-order valence-electron chi connectivity index (χ2n) is 16.8. The van der Waals surface area contributed by atoms with Crippen LogP contribution >= 0.6 is 0 Å². The third-order valence-corrected chi connectivity index (χ3v) is 18.2. The topological polar surface area (TPSA) is 16.4 Å². The molecule has 1 aliphatic carbocycles. The largest absolute Gasteiger partial charge is 0.456 e. The number of para-hydroxylation sites is 1. The van der Waals surface area contributed by atoms with Gasteiger partial charge < -0.3 is 9.32 Å². The number of furan rings is 1. The molecule has 0 fully saturated rings. The summed E-state index contributed by atoms with van der Waals surface area (Å²) in [5.41, 5.74) is 15.2. The van der Waals surface area contributed by atoms with Crippen molar-refractivity contribution in [2.75, 3.05) is 4.90 Å². The summed E-state index contributed by atoms with van der Waals surface area (Å²) in [5.74, 6) is 0. The van der Waals surface area contributed by atoms with E-state index in [1.54, 1.807) is 0 Å². The Morgan fingerprint density at radius 1 is 0.400 bits per heavy atom. The van der Waals surface area contributed by atoms with Crippen molar-refractivity contribution in [1.29, 1.82) is 0 Å². The average Bonchev–Trinajstić information content (AvgIpc) is 3.91. The van der Waals surface area contributed by atoms with E-state index in [2.05, 4.69) is 225 Å². The Hall–Kier alpha value is -7.20. The van der Waals surface area contributed by atoms with Crippen molar-refractivity contribution in [3.05, 3.63) is 223 Å². The Kier molecular flexibility index (Phi) is 7.63. The molecule has 9 aromatic carbocycles. The van der Waals surface area contributed by atoms with Crippen molar-refractivity contribution in [3.8, 4) is 33.4 Å². The van der Waals surface area contributed by atoms with Crippen molar-refractivity contribution in [2.24, 2.45) is 0 Å². The summed E-state index contributed by atoms with van der Waals surface area (Å²) >= 11 is 0. The van der Waals surface area contributed by atoms with E-state index in [9.17, 15) is 0 Å². The number of rotatable bonds is 6. The van der Waals surface area contributed by atoms with Gasteiger partial charge in [0.1, 0.15) is 11.2 Å². The van der Waals surface area contributed by atoms with Crippen LogP contribution in [-0.4, -0.2) is 8.07 Å². The highest BCUT2D eigenvalue weighted by atomic mass is 28.3. The first-order valence-corrected chi connectivity index (χ1v) is 22.9. The first-order valence-electron chi connectivity index (χ1n) is 20.9. The van der Waals surface area contributed by atoms with Gasteiger partial charge in [-0.05, 0) is 96.1 Å². The first kappa shape index (κ1) is 34.8. The van der Waals surface area contributed by atoms with Gasteiger partial charge in [0, 0.05) is 39.2 Å². The van der Waals surface area contributed by atoms with Gasteiger partial charge >= 0.3 is 0 Å². The number of hydrogen-bond acceptors (Lipinski definition) is 2. The molecular formula is C57H41NOSi. The second-order valence-corrected chi connectivity index (χ2v) is 20.6. The van der Waals surface area contributed by atoms with Crippen LogP contribution in [0.1, 0.15) is 25.0 Å². The van der Waals surface area contributed by atoms with E-state index in [4.69, 9.17) is 4.42 Å². The Morgan fingerprint density at radius 2 is 0.967 bits per heavy atom. The van der Waals surface area contributed by atoms with Gasteiger partial charge in [-0.15, -0.1) is 0 Å². The second kappa shape index (κ2) is 13.2. The normalized spacial score (nSPS) is 14.1. The maximum atomic E-state index is 6.62. The molecule has 0 N–H and O–H groups in total. The van der Waals surface area contributed by atoms with Gasteiger partial charge in [0.2, 0.25) is 0 Å².